The fourth-order valence-electron chi connectivity index (χ4n) is 2.04. The number of hydrogen-bond acceptors (Lipinski definition) is 2. The lowest BCUT2D eigenvalue weighted by atomic mass is 9.88. The van der Waals surface area contributed by atoms with Gasteiger partial charge in [0.15, 0.2) is 0 Å². The van der Waals surface area contributed by atoms with Crippen LogP contribution in [-0.4, -0.2) is 36.1 Å². The standard InChI is InChI=1S/C13H25NO2/c1-10-8-11(10)9-14(4)7-5-6-13(2,3)12(15)16/h10-11H,5-9H2,1-4H3,(H,15,16). The van der Waals surface area contributed by atoms with Crippen LogP contribution in [0.5, 0.6) is 0 Å². The lowest BCUT2D eigenvalue weighted by Crippen LogP contribution is -2.27. The Balaban J connectivity index is 2.12. The Hall–Kier alpha value is -0.570. The first kappa shape index (κ1) is 13.5. The summed E-state index contributed by atoms with van der Waals surface area (Å²) in [5.74, 6) is 1.10. The van der Waals surface area contributed by atoms with E-state index in [9.17, 15) is 4.79 Å². The molecule has 1 aliphatic carbocycles. The summed E-state index contributed by atoms with van der Waals surface area (Å²) in [4.78, 5) is 13.3. The summed E-state index contributed by atoms with van der Waals surface area (Å²) < 4.78 is 0. The van der Waals surface area contributed by atoms with Crippen LogP contribution < -0.4 is 0 Å². The Morgan fingerprint density at radius 1 is 1.50 bits per heavy atom. The van der Waals surface area contributed by atoms with Gasteiger partial charge in [-0.1, -0.05) is 6.92 Å². The number of carbonyl (C=O) groups is 1. The summed E-state index contributed by atoms with van der Waals surface area (Å²) in [7, 11) is 2.14. The SMILES string of the molecule is CC1CC1CN(C)CCCC(C)(C)C(=O)O. The highest BCUT2D eigenvalue weighted by atomic mass is 16.4. The first-order valence-electron chi connectivity index (χ1n) is 6.25. The van der Waals surface area contributed by atoms with Gasteiger partial charge >= 0.3 is 5.97 Å². The van der Waals surface area contributed by atoms with Crippen molar-refractivity contribution in [2.24, 2.45) is 17.3 Å². The summed E-state index contributed by atoms with van der Waals surface area (Å²) >= 11 is 0. The van der Waals surface area contributed by atoms with Crippen LogP contribution in [0.15, 0.2) is 0 Å². The number of rotatable bonds is 7. The highest BCUT2D eigenvalue weighted by Gasteiger charge is 2.33. The van der Waals surface area contributed by atoms with Crippen molar-refractivity contribution in [3.63, 3.8) is 0 Å². The van der Waals surface area contributed by atoms with Gasteiger partial charge in [0, 0.05) is 6.54 Å². The zero-order valence-electron chi connectivity index (χ0n) is 11.0. The van der Waals surface area contributed by atoms with Crippen molar-refractivity contribution >= 4 is 5.97 Å². The van der Waals surface area contributed by atoms with E-state index in [1.54, 1.807) is 13.8 Å². The molecule has 0 saturated heterocycles. The maximum atomic E-state index is 10.9. The van der Waals surface area contributed by atoms with E-state index in [1.807, 2.05) is 0 Å². The lowest BCUT2D eigenvalue weighted by molar-refractivity contribution is -0.147. The van der Waals surface area contributed by atoms with Crippen LogP contribution in [0.1, 0.15) is 40.0 Å². The third-order valence-electron chi connectivity index (χ3n) is 3.74. The molecule has 0 heterocycles. The molecule has 94 valence electrons. The minimum atomic E-state index is -0.689. The molecule has 0 aromatic rings. The molecule has 1 saturated carbocycles. The molecule has 0 spiro atoms. The topological polar surface area (TPSA) is 40.5 Å². The number of nitrogens with zero attached hydrogens (tertiary/aromatic N) is 1. The molecule has 3 nitrogen and oxygen atoms in total. The molecule has 1 fully saturated rings. The van der Waals surface area contributed by atoms with Gasteiger partial charge < -0.3 is 10.0 Å². The van der Waals surface area contributed by atoms with Crippen LogP contribution in [0.4, 0.5) is 0 Å². The van der Waals surface area contributed by atoms with E-state index >= 15 is 0 Å². The van der Waals surface area contributed by atoms with Crippen LogP contribution in [0, 0.1) is 17.3 Å². The van der Waals surface area contributed by atoms with Crippen molar-refractivity contribution in [1.82, 2.24) is 4.90 Å². The van der Waals surface area contributed by atoms with Crippen molar-refractivity contribution in [1.29, 1.82) is 0 Å². The van der Waals surface area contributed by atoms with Gasteiger partial charge in [0.25, 0.3) is 0 Å². The Bertz CT molecular complexity index is 250. The van der Waals surface area contributed by atoms with E-state index < -0.39 is 11.4 Å². The summed E-state index contributed by atoms with van der Waals surface area (Å²) in [6.07, 6.45) is 3.09. The second-order valence-electron chi connectivity index (χ2n) is 6.03. The maximum absolute atomic E-state index is 10.9. The minimum Gasteiger partial charge on any atom is -0.481 e. The summed E-state index contributed by atoms with van der Waals surface area (Å²) in [5.41, 5.74) is -0.576. The smallest absolute Gasteiger partial charge is 0.309 e. The normalized spacial score (nSPS) is 24.8. The summed E-state index contributed by atoms with van der Waals surface area (Å²) in [6, 6.07) is 0. The third-order valence-corrected chi connectivity index (χ3v) is 3.74. The number of carboxylic acid groups (broad SMARTS) is 1. The molecule has 2 atom stereocenters. The molecule has 3 heteroatoms. The van der Waals surface area contributed by atoms with Gasteiger partial charge in [-0.15, -0.1) is 0 Å². The Labute approximate surface area is 98.8 Å². The minimum absolute atomic E-state index is 0.576. The fraction of sp³-hybridized carbons (Fsp3) is 0.923. The molecular weight excluding hydrogens is 202 g/mol. The largest absolute Gasteiger partial charge is 0.481 e. The van der Waals surface area contributed by atoms with E-state index in [0.29, 0.717) is 0 Å². The first-order chi connectivity index (χ1) is 7.33. The van der Waals surface area contributed by atoms with E-state index in [1.165, 1.54) is 13.0 Å². The van der Waals surface area contributed by atoms with Gasteiger partial charge in [-0.2, -0.15) is 0 Å². The highest BCUT2D eigenvalue weighted by molar-refractivity contribution is 5.73. The van der Waals surface area contributed by atoms with Crippen molar-refractivity contribution in [3.05, 3.63) is 0 Å². The summed E-state index contributed by atoms with van der Waals surface area (Å²) in [5, 5.41) is 8.98. The summed E-state index contributed by atoms with van der Waals surface area (Å²) in [6.45, 7) is 8.09. The van der Waals surface area contributed by atoms with Gasteiger partial charge in [-0.3, -0.25) is 4.79 Å². The molecule has 1 rings (SSSR count). The first-order valence-corrected chi connectivity index (χ1v) is 6.25. The Morgan fingerprint density at radius 2 is 2.06 bits per heavy atom. The molecule has 0 bridgehead atoms. The molecule has 16 heavy (non-hydrogen) atoms. The van der Waals surface area contributed by atoms with Crippen molar-refractivity contribution in [2.45, 2.75) is 40.0 Å². The van der Waals surface area contributed by atoms with Crippen LogP contribution in [0.2, 0.25) is 0 Å². The molecule has 1 aliphatic rings. The molecule has 0 aromatic carbocycles. The van der Waals surface area contributed by atoms with Crippen molar-refractivity contribution in [3.8, 4) is 0 Å². The van der Waals surface area contributed by atoms with E-state index in [4.69, 9.17) is 5.11 Å². The monoisotopic (exact) mass is 227 g/mol. The maximum Gasteiger partial charge on any atom is 0.309 e. The number of aliphatic carboxylic acids is 1. The van der Waals surface area contributed by atoms with Gasteiger partial charge in [-0.05, 0) is 58.5 Å². The number of carboxylic acids is 1. The highest BCUT2D eigenvalue weighted by Crippen LogP contribution is 2.38. The molecule has 1 N–H and O–H groups in total. The average molecular weight is 227 g/mol. The molecule has 2 unspecified atom stereocenters. The zero-order valence-corrected chi connectivity index (χ0v) is 11.0. The van der Waals surface area contributed by atoms with Crippen LogP contribution in [0.25, 0.3) is 0 Å². The van der Waals surface area contributed by atoms with Crippen molar-refractivity contribution < 1.29 is 9.90 Å². The van der Waals surface area contributed by atoms with Crippen molar-refractivity contribution in [2.75, 3.05) is 20.1 Å². The second kappa shape index (κ2) is 5.17. The molecule has 0 aliphatic heterocycles. The number of hydrogen-bond donors (Lipinski definition) is 1. The quantitative estimate of drug-likeness (QED) is 0.726. The van der Waals surface area contributed by atoms with Gasteiger partial charge in [0.1, 0.15) is 0 Å². The zero-order chi connectivity index (χ0) is 12.3. The molecule has 0 aromatic heterocycles. The molecular formula is C13H25NO2. The van der Waals surface area contributed by atoms with E-state index in [2.05, 4.69) is 18.9 Å². The van der Waals surface area contributed by atoms with Gasteiger partial charge in [0.05, 0.1) is 5.41 Å². The second-order valence-corrected chi connectivity index (χ2v) is 6.03. The van der Waals surface area contributed by atoms with E-state index in [0.717, 1.165) is 31.2 Å². The van der Waals surface area contributed by atoms with Crippen LogP contribution >= 0.6 is 0 Å². The molecule has 0 radical (unpaired) electrons. The van der Waals surface area contributed by atoms with Gasteiger partial charge in [0.2, 0.25) is 0 Å². The fourth-order valence-corrected chi connectivity index (χ4v) is 2.04. The van der Waals surface area contributed by atoms with Crippen LogP contribution in [-0.2, 0) is 4.79 Å². The van der Waals surface area contributed by atoms with Crippen LogP contribution in [0.3, 0.4) is 0 Å². The predicted molar refractivity (Wildman–Crippen MR) is 65.4 cm³/mol. The predicted octanol–water partition coefficient (Wildman–Crippen LogP) is 2.47. The van der Waals surface area contributed by atoms with Gasteiger partial charge in [-0.25, -0.2) is 0 Å². The average Bonchev–Trinajstić information content (AvgIpc) is 2.80. The lowest BCUT2D eigenvalue weighted by Gasteiger charge is -2.21. The third kappa shape index (κ3) is 4.12. The van der Waals surface area contributed by atoms with E-state index in [-0.39, 0.29) is 0 Å². The Morgan fingerprint density at radius 3 is 2.50 bits per heavy atom. The Kier molecular flexibility index (Phi) is 4.36. The molecule has 0 amide bonds.